The molecule has 37 heavy (non-hydrogen) atoms. The number of ether oxygens (including phenoxy) is 2. The van der Waals surface area contributed by atoms with E-state index in [1.54, 1.807) is 43.5 Å². The summed E-state index contributed by atoms with van der Waals surface area (Å²) in [4.78, 5) is 13.1. The predicted molar refractivity (Wildman–Crippen MR) is 148 cm³/mol. The van der Waals surface area contributed by atoms with Crippen molar-refractivity contribution >= 4 is 24.6 Å². The van der Waals surface area contributed by atoms with Crippen LogP contribution in [0.15, 0.2) is 47.4 Å². The van der Waals surface area contributed by atoms with Crippen molar-refractivity contribution in [1.29, 1.82) is 0 Å². The standard InChI is InChI=1S/C28H41NO6SSi/c1-20-9-12-23(13-10-20)36(31,32)29-26-18-22(35-37(7,8)27(2,3)4)15-16-28(26,19-30)21-11-14-24(33-5)25(17-21)34-6/h9-14,17,19,22,26,29H,15-16,18H2,1-8H3/t22-,26-,28-/m0/s1. The van der Waals surface area contributed by atoms with E-state index in [0.29, 0.717) is 36.3 Å². The number of carbonyl (C=O) groups is 1. The van der Waals surface area contributed by atoms with Gasteiger partial charge in [0.2, 0.25) is 10.0 Å². The van der Waals surface area contributed by atoms with Crippen LogP contribution in [0.5, 0.6) is 11.5 Å². The first kappa shape index (κ1) is 29.4. The fraction of sp³-hybridized carbons (Fsp3) is 0.536. The fourth-order valence-electron chi connectivity index (χ4n) is 4.67. The minimum atomic E-state index is -3.90. The summed E-state index contributed by atoms with van der Waals surface area (Å²) in [5.74, 6) is 1.03. The second-order valence-electron chi connectivity index (χ2n) is 11.5. The normalized spacial score (nSPS) is 22.9. The Hall–Kier alpha value is -2.20. The molecular weight excluding hydrogens is 506 g/mol. The van der Waals surface area contributed by atoms with E-state index in [4.69, 9.17) is 13.9 Å². The van der Waals surface area contributed by atoms with Crippen molar-refractivity contribution in [3.05, 3.63) is 53.6 Å². The second kappa shape index (κ2) is 10.9. The Morgan fingerprint density at radius 1 is 1.03 bits per heavy atom. The molecule has 7 nitrogen and oxygen atoms in total. The Morgan fingerprint density at radius 2 is 1.65 bits per heavy atom. The molecule has 1 aliphatic carbocycles. The first-order valence-electron chi connectivity index (χ1n) is 12.6. The molecule has 0 bridgehead atoms. The molecule has 3 atom stereocenters. The van der Waals surface area contributed by atoms with E-state index < -0.39 is 29.8 Å². The third-order valence-corrected chi connectivity index (χ3v) is 14.1. The zero-order chi connectivity index (χ0) is 27.6. The van der Waals surface area contributed by atoms with Gasteiger partial charge in [0.05, 0.1) is 24.5 Å². The zero-order valence-corrected chi connectivity index (χ0v) is 25.1. The van der Waals surface area contributed by atoms with Crippen LogP contribution in [0.2, 0.25) is 18.1 Å². The number of hydrogen-bond donors (Lipinski definition) is 1. The molecule has 1 aliphatic rings. The van der Waals surface area contributed by atoms with Gasteiger partial charge in [0.15, 0.2) is 19.8 Å². The number of hydrogen-bond acceptors (Lipinski definition) is 6. The average Bonchev–Trinajstić information content (AvgIpc) is 2.83. The molecule has 0 saturated heterocycles. The molecule has 0 amide bonds. The zero-order valence-electron chi connectivity index (χ0n) is 23.3. The molecule has 1 saturated carbocycles. The van der Waals surface area contributed by atoms with E-state index in [0.717, 1.165) is 11.8 Å². The van der Waals surface area contributed by atoms with Crippen LogP contribution in [-0.4, -0.2) is 49.4 Å². The number of sulfonamides is 1. The number of aryl methyl sites for hydroxylation is 1. The molecule has 2 aromatic carbocycles. The molecule has 2 aromatic rings. The monoisotopic (exact) mass is 547 g/mol. The molecule has 1 N–H and O–H groups in total. The summed E-state index contributed by atoms with van der Waals surface area (Å²) in [5, 5.41) is 0.00639. The van der Waals surface area contributed by atoms with Crippen molar-refractivity contribution in [2.45, 2.75) is 87.5 Å². The van der Waals surface area contributed by atoms with E-state index in [1.165, 1.54) is 7.11 Å². The lowest BCUT2D eigenvalue weighted by atomic mass is 9.66. The minimum absolute atomic E-state index is 0.00639. The van der Waals surface area contributed by atoms with Gasteiger partial charge < -0.3 is 18.7 Å². The van der Waals surface area contributed by atoms with Crippen molar-refractivity contribution in [3.8, 4) is 11.5 Å². The van der Waals surface area contributed by atoms with Crippen LogP contribution in [0.25, 0.3) is 0 Å². The number of methoxy groups -OCH3 is 2. The van der Waals surface area contributed by atoms with Crippen LogP contribution in [0.4, 0.5) is 0 Å². The molecular formula is C28H41NO6SSi. The van der Waals surface area contributed by atoms with Gasteiger partial charge in [-0.3, -0.25) is 0 Å². The van der Waals surface area contributed by atoms with Crippen LogP contribution < -0.4 is 14.2 Å². The maximum Gasteiger partial charge on any atom is 0.240 e. The maximum absolute atomic E-state index is 13.5. The molecule has 0 unspecified atom stereocenters. The Bertz CT molecular complexity index is 1210. The van der Waals surface area contributed by atoms with Gasteiger partial charge in [-0.2, -0.15) is 0 Å². The van der Waals surface area contributed by atoms with Crippen LogP contribution in [0.1, 0.15) is 51.2 Å². The smallest absolute Gasteiger partial charge is 0.240 e. The first-order valence-corrected chi connectivity index (χ1v) is 17.0. The molecule has 3 rings (SSSR count). The van der Waals surface area contributed by atoms with E-state index in [2.05, 4.69) is 38.6 Å². The molecule has 0 radical (unpaired) electrons. The largest absolute Gasteiger partial charge is 0.493 e. The fourth-order valence-corrected chi connectivity index (χ4v) is 7.38. The average molecular weight is 548 g/mol. The lowest BCUT2D eigenvalue weighted by Crippen LogP contribution is -2.57. The van der Waals surface area contributed by atoms with Crippen molar-refractivity contribution in [2.75, 3.05) is 14.2 Å². The quantitative estimate of drug-likeness (QED) is 0.335. The van der Waals surface area contributed by atoms with Crippen LogP contribution in [0.3, 0.4) is 0 Å². The van der Waals surface area contributed by atoms with Gasteiger partial charge in [-0.1, -0.05) is 44.5 Å². The van der Waals surface area contributed by atoms with Crippen molar-refractivity contribution in [1.82, 2.24) is 4.72 Å². The summed E-state index contributed by atoms with van der Waals surface area (Å²) in [7, 11) is -2.93. The molecule has 204 valence electrons. The van der Waals surface area contributed by atoms with Gasteiger partial charge in [-0.15, -0.1) is 0 Å². The molecule has 0 aliphatic heterocycles. The van der Waals surface area contributed by atoms with Crippen LogP contribution in [0, 0.1) is 6.92 Å². The molecule has 0 heterocycles. The summed E-state index contributed by atoms with van der Waals surface area (Å²) >= 11 is 0. The maximum atomic E-state index is 13.5. The lowest BCUT2D eigenvalue weighted by molar-refractivity contribution is -0.115. The van der Waals surface area contributed by atoms with Crippen molar-refractivity contribution in [3.63, 3.8) is 0 Å². The number of aldehydes is 1. The molecule has 1 fully saturated rings. The summed E-state index contributed by atoms with van der Waals surface area (Å²) < 4.78 is 47.5. The van der Waals surface area contributed by atoms with Gasteiger partial charge >= 0.3 is 0 Å². The topological polar surface area (TPSA) is 90.9 Å². The van der Waals surface area contributed by atoms with Gasteiger partial charge in [0.1, 0.15) is 6.29 Å². The van der Waals surface area contributed by atoms with E-state index in [1.807, 2.05) is 13.0 Å². The summed E-state index contributed by atoms with van der Waals surface area (Å²) in [6.07, 6.45) is 2.18. The highest BCUT2D eigenvalue weighted by Gasteiger charge is 2.49. The Labute approximate surface area is 223 Å². The minimum Gasteiger partial charge on any atom is -0.493 e. The number of benzene rings is 2. The third-order valence-electron chi connectivity index (χ3n) is 8.03. The Morgan fingerprint density at radius 3 is 2.19 bits per heavy atom. The van der Waals surface area contributed by atoms with E-state index in [-0.39, 0.29) is 16.0 Å². The highest BCUT2D eigenvalue weighted by Crippen LogP contribution is 2.45. The SMILES string of the molecule is COc1ccc([C@@]2(C=O)CC[C@H](O[Si](C)(C)C(C)(C)C)C[C@@H]2NS(=O)(=O)c2ccc(C)cc2)cc1OC. The highest BCUT2D eigenvalue weighted by atomic mass is 32.2. The van der Waals surface area contributed by atoms with Gasteiger partial charge in [-0.05, 0) is 74.1 Å². The summed E-state index contributed by atoms with van der Waals surface area (Å²) in [6, 6.07) is 11.3. The molecule has 9 heteroatoms. The molecule has 0 spiro atoms. The Balaban J connectivity index is 2.06. The van der Waals surface area contributed by atoms with Crippen molar-refractivity contribution in [2.24, 2.45) is 0 Å². The number of nitrogens with one attached hydrogen (secondary N) is 1. The highest BCUT2D eigenvalue weighted by molar-refractivity contribution is 7.89. The lowest BCUT2D eigenvalue weighted by Gasteiger charge is -2.47. The summed E-state index contributed by atoms with van der Waals surface area (Å²) in [6.45, 7) is 12.8. The van der Waals surface area contributed by atoms with Gasteiger partial charge in [0.25, 0.3) is 0 Å². The predicted octanol–water partition coefficient (Wildman–Crippen LogP) is 5.37. The summed E-state index contributed by atoms with van der Waals surface area (Å²) in [5.41, 5.74) is 0.555. The first-order chi connectivity index (χ1) is 17.2. The van der Waals surface area contributed by atoms with Crippen LogP contribution in [-0.2, 0) is 24.7 Å². The number of carbonyl (C=O) groups excluding carboxylic acids is 1. The van der Waals surface area contributed by atoms with Crippen LogP contribution >= 0.6 is 0 Å². The second-order valence-corrected chi connectivity index (χ2v) is 18.0. The van der Waals surface area contributed by atoms with E-state index in [9.17, 15) is 13.2 Å². The van der Waals surface area contributed by atoms with Gasteiger partial charge in [0, 0.05) is 12.1 Å². The third kappa shape index (κ3) is 6.11. The van der Waals surface area contributed by atoms with E-state index >= 15 is 0 Å². The molecule has 0 aromatic heterocycles. The number of rotatable bonds is 9. The Kier molecular flexibility index (Phi) is 8.63. The van der Waals surface area contributed by atoms with Gasteiger partial charge in [-0.25, -0.2) is 13.1 Å². The van der Waals surface area contributed by atoms with Crippen molar-refractivity contribution < 1.29 is 27.1 Å².